The van der Waals surface area contributed by atoms with E-state index in [4.69, 9.17) is 4.74 Å². The molecule has 3 heterocycles. The number of unbranched alkanes of at least 4 members (excludes halogenated alkanes) is 4. The molecule has 12 amide bonds. The van der Waals surface area contributed by atoms with Crippen molar-refractivity contribution in [1.29, 1.82) is 0 Å². The second kappa shape index (κ2) is 38.3. The van der Waals surface area contributed by atoms with Gasteiger partial charge in [-0.25, -0.2) is 0 Å². The molecule has 25 nitrogen and oxygen atoms in total. The molecule has 26 heteroatoms. The van der Waals surface area contributed by atoms with Crippen LogP contribution in [-0.2, 0) is 70.4 Å². The number of nitrogens with one attached hydrogen (secondary N) is 4. The van der Waals surface area contributed by atoms with E-state index in [0.29, 0.717) is 68.5 Å². The van der Waals surface area contributed by atoms with E-state index >= 15 is 9.59 Å². The minimum Gasteiger partial charge on any atom is -0.497 e. The number of fused-ring (bicyclic) bond motifs is 1. The smallest absolute Gasteiger partial charge is 0.246 e. The van der Waals surface area contributed by atoms with Gasteiger partial charge in [-0.1, -0.05) is 111 Å². The van der Waals surface area contributed by atoms with Crippen molar-refractivity contribution in [2.75, 3.05) is 82.1 Å². The van der Waals surface area contributed by atoms with Crippen LogP contribution in [0.25, 0.3) is 0 Å². The highest BCUT2D eigenvalue weighted by Crippen LogP contribution is 2.26. The average molecular weight is 1480 g/mol. The number of amides is 12. The van der Waals surface area contributed by atoms with Crippen molar-refractivity contribution in [3.8, 4) is 5.75 Å². The minimum absolute atomic E-state index is 0.0219. The molecule has 0 aliphatic carbocycles. The van der Waals surface area contributed by atoms with Gasteiger partial charge in [-0.3, -0.25) is 57.5 Å². The summed E-state index contributed by atoms with van der Waals surface area (Å²) in [6, 6.07) is 4.45. The summed E-state index contributed by atoms with van der Waals surface area (Å²) in [5.41, 5.74) is -0.375. The Bertz CT molecular complexity index is 3110. The van der Waals surface area contributed by atoms with Crippen LogP contribution in [0.1, 0.15) is 163 Å². The summed E-state index contributed by atoms with van der Waals surface area (Å²) in [5.74, 6) is -7.74. The summed E-state index contributed by atoms with van der Waals surface area (Å²) >= 11 is 2.14. The van der Waals surface area contributed by atoms with Gasteiger partial charge in [0.05, 0.1) is 26.6 Å². The highest BCUT2D eigenvalue weighted by molar-refractivity contribution is 14.1. The third-order valence-electron chi connectivity index (χ3n) is 19.7. The van der Waals surface area contributed by atoms with Crippen LogP contribution in [0.15, 0.2) is 48.5 Å². The predicted octanol–water partition coefficient (Wildman–Crippen LogP) is 4.93. The minimum atomic E-state index is -1.69. The molecule has 2 aromatic rings. The van der Waals surface area contributed by atoms with E-state index in [1.165, 1.54) is 92.6 Å². The summed E-state index contributed by atoms with van der Waals surface area (Å²) < 4.78 is 6.24. The monoisotopic (exact) mass is 1480 g/mol. The zero-order valence-corrected chi connectivity index (χ0v) is 62.9. The van der Waals surface area contributed by atoms with Gasteiger partial charge in [0.2, 0.25) is 70.9 Å². The van der Waals surface area contributed by atoms with E-state index in [9.17, 15) is 47.9 Å². The fourth-order valence-electron chi connectivity index (χ4n) is 12.6. The molecule has 5 rings (SSSR count). The number of methoxy groups -OCH3 is 1. The summed E-state index contributed by atoms with van der Waals surface area (Å²) in [4.78, 5) is 188. The van der Waals surface area contributed by atoms with Crippen molar-refractivity contribution in [3.63, 3.8) is 0 Å². The van der Waals surface area contributed by atoms with Crippen molar-refractivity contribution in [2.24, 2.45) is 11.8 Å². The molecule has 3 saturated heterocycles. The van der Waals surface area contributed by atoms with E-state index in [-0.39, 0.29) is 51.0 Å². The van der Waals surface area contributed by atoms with E-state index in [1.807, 2.05) is 46.8 Å². The van der Waals surface area contributed by atoms with E-state index in [2.05, 4.69) is 43.9 Å². The molecule has 0 unspecified atom stereocenters. The van der Waals surface area contributed by atoms with Crippen LogP contribution in [-0.4, -0.2) is 246 Å². The highest BCUT2D eigenvalue weighted by Gasteiger charge is 2.46. The fraction of sp³-hybridized carbons (Fsp3) is 0.667. The lowest BCUT2D eigenvalue weighted by Crippen LogP contribution is -2.64. The summed E-state index contributed by atoms with van der Waals surface area (Å²) in [6.07, 6.45) is 6.86. The quantitative estimate of drug-likeness (QED) is 0.114. The maximum absolute atomic E-state index is 15.2. The molecule has 0 spiro atoms. The first-order chi connectivity index (χ1) is 46.3. The van der Waals surface area contributed by atoms with Crippen LogP contribution >= 0.6 is 22.6 Å². The van der Waals surface area contributed by atoms with Crippen LogP contribution in [0.2, 0.25) is 0 Å². The number of ether oxygens (including phenoxy) is 1. The maximum Gasteiger partial charge on any atom is 0.246 e. The second-order valence-electron chi connectivity index (χ2n) is 27.9. The van der Waals surface area contributed by atoms with Crippen LogP contribution in [0, 0.1) is 15.4 Å². The molecular formula is C72H111IN12O13. The number of halogens is 1. The van der Waals surface area contributed by atoms with Crippen molar-refractivity contribution >= 4 is 93.5 Å². The van der Waals surface area contributed by atoms with Gasteiger partial charge in [0.25, 0.3) is 0 Å². The number of likely N-dealkylation sites (tertiary alicyclic amines) is 1. The number of carbonyl (C=O) groups is 12. The Hall–Kier alpha value is -7.39. The number of nitrogens with zero attached hydrogens (tertiary/aromatic N) is 8. The Balaban J connectivity index is 1.63. The first-order valence-electron chi connectivity index (χ1n) is 35.0. The van der Waals surface area contributed by atoms with Crippen molar-refractivity contribution in [2.45, 2.75) is 218 Å². The summed E-state index contributed by atoms with van der Waals surface area (Å²) in [7, 11) is 10.1. The Morgan fingerprint density at radius 3 is 1.86 bits per heavy atom. The molecular weight excluding hydrogens is 1370 g/mol. The molecule has 0 saturated carbocycles. The number of hydrogen-bond acceptors (Lipinski definition) is 13. The molecule has 0 aromatic heterocycles. The molecule has 0 radical (unpaired) electrons. The van der Waals surface area contributed by atoms with Gasteiger partial charge in [0.15, 0.2) is 0 Å². The summed E-state index contributed by atoms with van der Waals surface area (Å²) in [6.45, 7) is 14.2. The van der Waals surface area contributed by atoms with Crippen LogP contribution in [0.4, 0.5) is 0 Å². The van der Waals surface area contributed by atoms with Crippen LogP contribution in [0.3, 0.4) is 0 Å². The van der Waals surface area contributed by atoms with Gasteiger partial charge in [0.1, 0.15) is 59.6 Å². The van der Waals surface area contributed by atoms with Gasteiger partial charge in [-0.15, -0.1) is 0 Å². The number of likely N-dealkylation sites (N-methyl/N-ethyl adjacent to an activating group) is 6. The van der Waals surface area contributed by atoms with Crippen molar-refractivity contribution in [3.05, 3.63) is 63.2 Å². The third-order valence-corrected chi connectivity index (χ3v) is 20.4. The predicted molar refractivity (Wildman–Crippen MR) is 381 cm³/mol. The third kappa shape index (κ3) is 22.1. The number of carbonyl (C=O) groups excluding carboxylic acids is 12. The Labute approximate surface area is 594 Å². The highest BCUT2D eigenvalue weighted by atomic mass is 127. The average Bonchev–Trinajstić information content (AvgIpc) is 0.803. The number of rotatable bonds is 18. The number of benzene rings is 2. The lowest BCUT2D eigenvalue weighted by molar-refractivity contribution is -0.157. The molecule has 9 atom stereocenters. The normalized spacial score (nSPS) is 24.6. The lowest BCUT2D eigenvalue weighted by atomic mass is 9.96. The first kappa shape index (κ1) is 81.3. The van der Waals surface area contributed by atoms with Gasteiger partial charge in [-0.2, -0.15) is 0 Å². The Morgan fingerprint density at radius 2 is 1.27 bits per heavy atom. The molecule has 544 valence electrons. The van der Waals surface area contributed by atoms with Gasteiger partial charge in [-0.05, 0) is 129 Å². The largest absolute Gasteiger partial charge is 0.497 e. The fourth-order valence-corrected chi connectivity index (χ4v) is 13.2. The SMILES string of the molecule is CCCCCC[C@H]1C(=O)N[C@@H]([C@@H](C)CC)C(=O)N(C)CC(=O)N2CC[C@H]2C(=O)N(C)[C@@H](Cc2ccc(OC)cc2)C(=O)N(C)CC(=O)N[C@@H](Cc2cccc(I)c2)C(=O)N[C@@H](CCCC)C(=O)N(C)C(C)(C)C(=O)N[C@@H](CC(C)C)C(=O)N(C)[C@H](C(=O)N2CCCCC2)CC(=O)N1C. The van der Waals surface area contributed by atoms with E-state index in [1.54, 1.807) is 48.2 Å². The molecule has 0 bridgehead atoms. The topological polar surface area (TPSA) is 288 Å². The Kier molecular flexibility index (Phi) is 31.7. The summed E-state index contributed by atoms with van der Waals surface area (Å²) in [5, 5.41) is 11.6. The van der Waals surface area contributed by atoms with Gasteiger partial charge >= 0.3 is 0 Å². The zero-order chi connectivity index (χ0) is 72.9. The standard InChI is InChI=1S/C72H111IN12O13/c1-16-19-21-23-30-55-64(90)77-62(47(6)18-3)70(96)79(10)45-61(88)85-38-35-56(85)68(94)82(13)57(42-48-31-33-51(98-15)34-32-48)67(93)78(9)44-59(86)74-53(41-49-27-26-28-50(73)40-49)63(89)75-52(29-20-17-2)66(92)83(14)72(7,8)71(97)76-54(39-46(4)5)65(91)81(12)58(43-60(87)80(55)11)69(95)84-36-24-22-25-37-84/h26-28,31-34,40,46-47,52-58,62H,16-25,29-30,35-39,41-45H2,1-15H3,(H,74,86)(H,75,89)(H,76,97)(H,77,90)/t47-,52-,53-,54-,55-,56-,57-,58-,62-/m0/s1. The molecule has 98 heavy (non-hydrogen) atoms. The van der Waals surface area contributed by atoms with Gasteiger partial charge in [0, 0.05) is 78.3 Å². The maximum atomic E-state index is 15.2. The van der Waals surface area contributed by atoms with Crippen molar-refractivity contribution in [1.82, 2.24) is 60.5 Å². The molecule has 2 aromatic carbocycles. The molecule has 3 aliphatic heterocycles. The molecule has 3 fully saturated rings. The zero-order valence-electron chi connectivity index (χ0n) is 60.7. The van der Waals surface area contributed by atoms with Gasteiger partial charge < -0.3 is 65.2 Å². The van der Waals surface area contributed by atoms with Crippen LogP contribution < -0.4 is 26.0 Å². The van der Waals surface area contributed by atoms with Crippen LogP contribution in [0.5, 0.6) is 5.75 Å². The first-order valence-corrected chi connectivity index (χ1v) is 36.1. The Morgan fingerprint density at radius 1 is 0.612 bits per heavy atom. The lowest BCUT2D eigenvalue weighted by Gasteiger charge is -2.43. The number of hydrogen-bond donors (Lipinski definition) is 4. The number of piperidine rings is 1. The van der Waals surface area contributed by atoms with E-state index in [0.717, 1.165) is 34.2 Å². The molecule has 3 aliphatic rings. The molecule has 4 N–H and O–H groups in total. The van der Waals surface area contributed by atoms with E-state index < -0.39 is 150 Å². The second-order valence-corrected chi connectivity index (χ2v) is 29.1. The van der Waals surface area contributed by atoms with Crippen molar-refractivity contribution < 1.29 is 62.3 Å².